The van der Waals surface area contributed by atoms with Crippen molar-refractivity contribution < 1.29 is 4.79 Å². The van der Waals surface area contributed by atoms with Gasteiger partial charge in [0.05, 0.1) is 0 Å². The van der Waals surface area contributed by atoms with Crippen LogP contribution in [0.15, 0.2) is 24.3 Å². The van der Waals surface area contributed by atoms with E-state index in [0.29, 0.717) is 6.04 Å². The van der Waals surface area contributed by atoms with Gasteiger partial charge in [-0.1, -0.05) is 19.1 Å². The maximum absolute atomic E-state index is 11.4. The summed E-state index contributed by atoms with van der Waals surface area (Å²) < 4.78 is 0. The zero-order valence-corrected chi connectivity index (χ0v) is 10.5. The van der Waals surface area contributed by atoms with Gasteiger partial charge in [-0.3, -0.25) is 4.79 Å². The summed E-state index contributed by atoms with van der Waals surface area (Å²) in [7, 11) is 1.65. The van der Waals surface area contributed by atoms with Crippen LogP contribution in [0.3, 0.4) is 0 Å². The van der Waals surface area contributed by atoms with Crippen LogP contribution in [0.2, 0.25) is 0 Å². The van der Waals surface area contributed by atoms with Crippen LogP contribution < -0.4 is 10.6 Å². The van der Waals surface area contributed by atoms with E-state index in [2.05, 4.69) is 29.7 Å². The van der Waals surface area contributed by atoms with Crippen molar-refractivity contribution in [2.45, 2.75) is 25.8 Å². The zero-order chi connectivity index (χ0) is 12.3. The molecule has 1 aromatic carbocycles. The standard InChI is InChI=1S/C14H20N2O/c1-10-3-8-13(16-9-10)11-4-6-12(7-5-11)14(17)15-2/h4-7,10,13,16H,3,8-9H2,1-2H3,(H,15,17). The second-order valence-electron chi connectivity index (χ2n) is 4.84. The third-order valence-corrected chi connectivity index (χ3v) is 3.46. The molecule has 1 aliphatic rings. The Bertz CT molecular complexity index is 378. The van der Waals surface area contributed by atoms with Crippen molar-refractivity contribution in [3.8, 4) is 0 Å². The van der Waals surface area contributed by atoms with Crippen LogP contribution in [-0.2, 0) is 0 Å². The smallest absolute Gasteiger partial charge is 0.251 e. The largest absolute Gasteiger partial charge is 0.355 e. The van der Waals surface area contributed by atoms with Gasteiger partial charge >= 0.3 is 0 Å². The highest BCUT2D eigenvalue weighted by Crippen LogP contribution is 2.25. The topological polar surface area (TPSA) is 41.1 Å². The van der Waals surface area contributed by atoms with Crippen molar-refractivity contribution in [2.24, 2.45) is 5.92 Å². The Morgan fingerprint density at radius 2 is 2.00 bits per heavy atom. The van der Waals surface area contributed by atoms with E-state index in [1.54, 1.807) is 7.05 Å². The van der Waals surface area contributed by atoms with Gasteiger partial charge < -0.3 is 10.6 Å². The van der Waals surface area contributed by atoms with Gasteiger partial charge in [0, 0.05) is 18.7 Å². The summed E-state index contributed by atoms with van der Waals surface area (Å²) in [6.07, 6.45) is 2.45. The highest BCUT2D eigenvalue weighted by molar-refractivity contribution is 5.93. The lowest BCUT2D eigenvalue weighted by Crippen LogP contribution is -2.31. The minimum atomic E-state index is -0.0261. The molecular formula is C14H20N2O. The van der Waals surface area contributed by atoms with E-state index in [1.807, 2.05) is 12.1 Å². The van der Waals surface area contributed by atoms with Crippen molar-refractivity contribution in [3.63, 3.8) is 0 Å². The first-order valence-corrected chi connectivity index (χ1v) is 6.26. The van der Waals surface area contributed by atoms with Crippen LogP contribution in [0, 0.1) is 5.92 Å². The Morgan fingerprint density at radius 1 is 1.29 bits per heavy atom. The summed E-state index contributed by atoms with van der Waals surface area (Å²) in [6.45, 7) is 3.36. The number of nitrogens with one attached hydrogen (secondary N) is 2. The minimum Gasteiger partial charge on any atom is -0.355 e. The maximum atomic E-state index is 11.4. The molecule has 2 unspecified atom stereocenters. The van der Waals surface area contributed by atoms with Crippen LogP contribution in [-0.4, -0.2) is 19.5 Å². The Balaban J connectivity index is 2.05. The lowest BCUT2D eigenvalue weighted by molar-refractivity contribution is 0.0963. The van der Waals surface area contributed by atoms with E-state index >= 15 is 0 Å². The van der Waals surface area contributed by atoms with Crippen molar-refractivity contribution in [2.75, 3.05) is 13.6 Å². The molecule has 2 N–H and O–H groups in total. The number of hydrogen-bond donors (Lipinski definition) is 2. The van der Waals surface area contributed by atoms with Crippen LogP contribution in [0.25, 0.3) is 0 Å². The summed E-state index contributed by atoms with van der Waals surface area (Å²) in [4.78, 5) is 11.4. The fourth-order valence-electron chi connectivity index (χ4n) is 2.29. The zero-order valence-electron chi connectivity index (χ0n) is 10.5. The molecule has 0 aromatic heterocycles. The molecular weight excluding hydrogens is 212 g/mol. The molecule has 1 heterocycles. The number of hydrogen-bond acceptors (Lipinski definition) is 2. The highest BCUT2D eigenvalue weighted by Gasteiger charge is 2.18. The molecule has 3 nitrogen and oxygen atoms in total. The van der Waals surface area contributed by atoms with Crippen LogP contribution in [0.5, 0.6) is 0 Å². The van der Waals surface area contributed by atoms with Gasteiger partial charge in [0.25, 0.3) is 5.91 Å². The number of piperidine rings is 1. The van der Waals surface area contributed by atoms with Crippen molar-refractivity contribution in [1.29, 1.82) is 0 Å². The summed E-state index contributed by atoms with van der Waals surface area (Å²) in [5.41, 5.74) is 2.00. The van der Waals surface area contributed by atoms with Gasteiger partial charge in [-0.2, -0.15) is 0 Å². The predicted octanol–water partition coefficient (Wildman–Crippen LogP) is 2.11. The second-order valence-corrected chi connectivity index (χ2v) is 4.84. The third kappa shape index (κ3) is 2.86. The highest BCUT2D eigenvalue weighted by atomic mass is 16.1. The van der Waals surface area contributed by atoms with Gasteiger partial charge in [0.2, 0.25) is 0 Å². The van der Waals surface area contributed by atoms with Gasteiger partial charge in [-0.05, 0) is 43.0 Å². The first-order chi connectivity index (χ1) is 8.20. The molecule has 0 aliphatic carbocycles. The molecule has 2 atom stereocenters. The molecule has 0 saturated carbocycles. The molecule has 0 radical (unpaired) electrons. The average molecular weight is 232 g/mol. The van der Waals surface area contributed by atoms with E-state index in [4.69, 9.17) is 0 Å². The maximum Gasteiger partial charge on any atom is 0.251 e. The molecule has 1 fully saturated rings. The van der Waals surface area contributed by atoms with Crippen molar-refractivity contribution in [1.82, 2.24) is 10.6 Å². The molecule has 1 aliphatic heterocycles. The van der Waals surface area contributed by atoms with Crippen LogP contribution in [0.4, 0.5) is 0 Å². The molecule has 0 bridgehead atoms. The summed E-state index contributed by atoms with van der Waals surface area (Å²) >= 11 is 0. The quantitative estimate of drug-likeness (QED) is 0.820. The van der Waals surface area contributed by atoms with E-state index in [0.717, 1.165) is 18.0 Å². The molecule has 1 saturated heterocycles. The molecule has 3 heteroatoms. The van der Waals surface area contributed by atoms with Gasteiger partial charge in [-0.15, -0.1) is 0 Å². The molecule has 2 rings (SSSR count). The van der Waals surface area contributed by atoms with E-state index < -0.39 is 0 Å². The Kier molecular flexibility index (Phi) is 3.79. The average Bonchev–Trinajstić information content (AvgIpc) is 2.39. The lowest BCUT2D eigenvalue weighted by atomic mass is 9.92. The monoisotopic (exact) mass is 232 g/mol. The number of benzene rings is 1. The van der Waals surface area contributed by atoms with Gasteiger partial charge in [-0.25, -0.2) is 0 Å². The van der Waals surface area contributed by atoms with Gasteiger partial charge in [0.1, 0.15) is 0 Å². The fraction of sp³-hybridized carbons (Fsp3) is 0.500. The first kappa shape index (κ1) is 12.1. The number of carbonyl (C=O) groups excluding carboxylic acids is 1. The lowest BCUT2D eigenvalue weighted by Gasteiger charge is -2.28. The van der Waals surface area contributed by atoms with Gasteiger partial charge in [0.15, 0.2) is 0 Å². The van der Waals surface area contributed by atoms with Crippen LogP contribution in [0.1, 0.15) is 41.7 Å². The first-order valence-electron chi connectivity index (χ1n) is 6.26. The Hall–Kier alpha value is -1.35. The number of rotatable bonds is 2. The fourth-order valence-corrected chi connectivity index (χ4v) is 2.29. The normalized spacial score (nSPS) is 24.4. The Labute approximate surface area is 103 Å². The van der Waals surface area contributed by atoms with Crippen molar-refractivity contribution in [3.05, 3.63) is 35.4 Å². The summed E-state index contributed by atoms with van der Waals surface area (Å²) in [5, 5.41) is 6.18. The Morgan fingerprint density at radius 3 is 2.53 bits per heavy atom. The van der Waals surface area contributed by atoms with E-state index in [-0.39, 0.29) is 5.91 Å². The molecule has 92 valence electrons. The third-order valence-electron chi connectivity index (χ3n) is 3.46. The SMILES string of the molecule is CNC(=O)c1ccc(C2CCC(C)CN2)cc1. The number of amides is 1. The minimum absolute atomic E-state index is 0.0261. The molecule has 17 heavy (non-hydrogen) atoms. The molecule has 0 spiro atoms. The number of carbonyl (C=O) groups is 1. The molecule has 1 aromatic rings. The second kappa shape index (κ2) is 5.32. The van der Waals surface area contributed by atoms with E-state index in [1.165, 1.54) is 18.4 Å². The summed E-state index contributed by atoms with van der Waals surface area (Å²) in [5.74, 6) is 0.748. The van der Waals surface area contributed by atoms with Crippen molar-refractivity contribution >= 4 is 5.91 Å². The predicted molar refractivity (Wildman–Crippen MR) is 69.0 cm³/mol. The van der Waals surface area contributed by atoms with Crippen LogP contribution >= 0.6 is 0 Å². The van der Waals surface area contributed by atoms with E-state index in [9.17, 15) is 4.79 Å². The summed E-state index contributed by atoms with van der Waals surface area (Å²) in [6, 6.07) is 8.35. The molecule has 1 amide bonds.